The van der Waals surface area contributed by atoms with Crippen LogP contribution in [0.5, 0.6) is 0 Å². The SMILES string of the molecule is Cc1ccccc1-c1ccnn1C(C)C(=O)N(C)C. The zero-order chi connectivity index (χ0) is 14.0. The minimum atomic E-state index is -0.306. The fraction of sp³-hybridized carbons (Fsp3) is 0.333. The molecule has 1 heterocycles. The van der Waals surface area contributed by atoms with Gasteiger partial charge >= 0.3 is 0 Å². The molecule has 1 amide bonds. The van der Waals surface area contributed by atoms with Crippen molar-refractivity contribution in [2.75, 3.05) is 14.1 Å². The first-order valence-corrected chi connectivity index (χ1v) is 6.33. The molecule has 0 bridgehead atoms. The van der Waals surface area contributed by atoms with Crippen molar-refractivity contribution in [2.24, 2.45) is 0 Å². The summed E-state index contributed by atoms with van der Waals surface area (Å²) in [4.78, 5) is 13.7. The predicted octanol–water partition coefficient (Wildman–Crippen LogP) is 2.51. The molecule has 0 spiro atoms. The van der Waals surface area contributed by atoms with Gasteiger partial charge < -0.3 is 4.90 Å². The number of likely N-dealkylation sites (N-methyl/N-ethyl adjacent to an activating group) is 1. The van der Waals surface area contributed by atoms with E-state index < -0.39 is 0 Å². The molecule has 0 aliphatic heterocycles. The van der Waals surface area contributed by atoms with Crippen LogP contribution in [0.4, 0.5) is 0 Å². The molecule has 0 saturated carbocycles. The smallest absolute Gasteiger partial charge is 0.246 e. The molecule has 2 aromatic rings. The van der Waals surface area contributed by atoms with E-state index in [1.807, 2.05) is 25.1 Å². The number of hydrogen-bond acceptors (Lipinski definition) is 2. The lowest BCUT2D eigenvalue weighted by Gasteiger charge is -2.19. The average Bonchev–Trinajstić information content (AvgIpc) is 2.86. The van der Waals surface area contributed by atoms with Crippen LogP contribution in [0.15, 0.2) is 36.5 Å². The highest BCUT2D eigenvalue weighted by atomic mass is 16.2. The lowest BCUT2D eigenvalue weighted by Crippen LogP contribution is -2.30. The minimum absolute atomic E-state index is 0.0403. The predicted molar refractivity (Wildman–Crippen MR) is 75.8 cm³/mol. The fourth-order valence-corrected chi connectivity index (χ4v) is 2.17. The molecule has 1 aromatic heterocycles. The highest BCUT2D eigenvalue weighted by molar-refractivity contribution is 5.80. The number of carbonyl (C=O) groups is 1. The second kappa shape index (κ2) is 5.26. The molecule has 0 aliphatic carbocycles. The van der Waals surface area contributed by atoms with E-state index in [1.54, 1.807) is 29.9 Å². The number of benzene rings is 1. The van der Waals surface area contributed by atoms with Crippen LogP contribution in [0.3, 0.4) is 0 Å². The molecule has 19 heavy (non-hydrogen) atoms. The van der Waals surface area contributed by atoms with Crippen LogP contribution in [0.2, 0.25) is 0 Å². The van der Waals surface area contributed by atoms with Crippen molar-refractivity contribution in [3.8, 4) is 11.3 Å². The number of aromatic nitrogens is 2. The average molecular weight is 257 g/mol. The lowest BCUT2D eigenvalue weighted by molar-refractivity contribution is -0.131. The van der Waals surface area contributed by atoms with Crippen LogP contribution in [0, 0.1) is 6.92 Å². The van der Waals surface area contributed by atoms with Gasteiger partial charge in [-0.1, -0.05) is 24.3 Å². The van der Waals surface area contributed by atoms with E-state index in [2.05, 4.69) is 24.2 Å². The third-order valence-corrected chi connectivity index (χ3v) is 3.26. The third-order valence-electron chi connectivity index (χ3n) is 3.26. The van der Waals surface area contributed by atoms with Crippen LogP contribution in [-0.2, 0) is 4.79 Å². The molecule has 2 rings (SSSR count). The largest absolute Gasteiger partial charge is 0.347 e. The van der Waals surface area contributed by atoms with Crippen LogP contribution < -0.4 is 0 Å². The lowest BCUT2D eigenvalue weighted by atomic mass is 10.1. The summed E-state index contributed by atoms with van der Waals surface area (Å²) in [6.07, 6.45) is 1.74. The normalized spacial score (nSPS) is 12.2. The summed E-state index contributed by atoms with van der Waals surface area (Å²) in [6, 6.07) is 9.76. The fourth-order valence-electron chi connectivity index (χ4n) is 2.17. The van der Waals surface area contributed by atoms with Gasteiger partial charge in [-0.05, 0) is 25.5 Å². The first-order valence-electron chi connectivity index (χ1n) is 6.33. The molecular weight excluding hydrogens is 238 g/mol. The summed E-state index contributed by atoms with van der Waals surface area (Å²) in [5, 5.41) is 4.31. The van der Waals surface area contributed by atoms with Crippen molar-refractivity contribution in [2.45, 2.75) is 19.9 Å². The molecule has 0 radical (unpaired) electrons. The van der Waals surface area contributed by atoms with Crippen molar-refractivity contribution in [3.05, 3.63) is 42.1 Å². The Hall–Kier alpha value is -2.10. The molecule has 0 saturated heterocycles. The van der Waals surface area contributed by atoms with Crippen molar-refractivity contribution in [3.63, 3.8) is 0 Å². The van der Waals surface area contributed by atoms with Gasteiger partial charge in [-0.25, -0.2) is 0 Å². The monoisotopic (exact) mass is 257 g/mol. The van der Waals surface area contributed by atoms with Gasteiger partial charge in [-0.2, -0.15) is 5.10 Å². The number of aryl methyl sites for hydroxylation is 1. The summed E-state index contributed by atoms with van der Waals surface area (Å²) in [6.45, 7) is 3.93. The second-order valence-electron chi connectivity index (χ2n) is 4.88. The quantitative estimate of drug-likeness (QED) is 0.847. The van der Waals surface area contributed by atoms with Gasteiger partial charge in [-0.15, -0.1) is 0 Å². The maximum atomic E-state index is 12.1. The molecule has 4 heteroatoms. The second-order valence-corrected chi connectivity index (χ2v) is 4.88. The highest BCUT2D eigenvalue weighted by Gasteiger charge is 2.20. The molecule has 100 valence electrons. The van der Waals surface area contributed by atoms with Crippen molar-refractivity contribution < 1.29 is 4.79 Å². The molecule has 0 N–H and O–H groups in total. The van der Waals surface area contributed by atoms with E-state index in [1.165, 1.54) is 5.56 Å². The number of hydrogen-bond donors (Lipinski definition) is 0. The zero-order valence-corrected chi connectivity index (χ0v) is 11.8. The molecular formula is C15H19N3O. The van der Waals surface area contributed by atoms with Crippen molar-refractivity contribution in [1.82, 2.24) is 14.7 Å². The molecule has 0 fully saturated rings. The molecule has 1 atom stereocenters. The van der Waals surface area contributed by atoms with E-state index in [4.69, 9.17) is 0 Å². The maximum absolute atomic E-state index is 12.1. The van der Waals surface area contributed by atoms with Gasteiger partial charge in [0.05, 0.1) is 5.69 Å². The summed E-state index contributed by atoms with van der Waals surface area (Å²) >= 11 is 0. The van der Waals surface area contributed by atoms with Crippen LogP contribution >= 0.6 is 0 Å². The third kappa shape index (κ3) is 2.52. The number of nitrogens with zero attached hydrogens (tertiary/aromatic N) is 3. The summed E-state index contributed by atoms with van der Waals surface area (Å²) in [5.41, 5.74) is 3.26. The van der Waals surface area contributed by atoms with E-state index >= 15 is 0 Å². The Morgan fingerprint density at radius 2 is 1.95 bits per heavy atom. The molecule has 0 aliphatic rings. The molecule has 1 unspecified atom stereocenters. The van der Waals surface area contributed by atoms with E-state index in [-0.39, 0.29) is 11.9 Å². The number of carbonyl (C=O) groups excluding carboxylic acids is 1. The number of amides is 1. The Balaban J connectivity index is 2.44. The van der Waals surface area contributed by atoms with Gasteiger partial charge in [0, 0.05) is 25.9 Å². The summed E-state index contributed by atoms with van der Waals surface area (Å²) in [5.74, 6) is 0.0403. The van der Waals surface area contributed by atoms with Crippen molar-refractivity contribution >= 4 is 5.91 Å². The standard InChI is InChI=1S/C15H19N3O/c1-11-7-5-6-8-13(11)14-9-10-16-18(14)12(2)15(19)17(3)4/h5-10,12H,1-4H3. The summed E-state index contributed by atoms with van der Waals surface area (Å²) in [7, 11) is 3.52. The van der Waals surface area contributed by atoms with Crippen LogP contribution in [0.25, 0.3) is 11.3 Å². The van der Waals surface area contributed by atoms with Gasteiger partial charge in [0.1, 0.15) is 6.04 Å². The van der Waals surface area contributed by atoms with Gasteiger partial charge in [0.15, 0.2) is 0 Å². The molecule has 4 nitrogen and oxygen atoms in total. The molecule has 1 aromatic carbocycles. The van der Waals surface area contributed by atoms with Gasteiger partial charge in [0.2, 0.25) is 5.91 Å². The number of rotatable bonds is 3. The topological polar surface area (TPSA) is 38.1 Å². The Morgan fingerprint density at radius 3 is 2.58 bits per heavy atom. The van der Waals surface area contributed by atoms with E-state index in [0.29, 0.717) is 0 Å². The Morgan fingerprint density at radius 1 is 1.26 bits per heavy atom. The van der Waals surface area contributed by atoms with Crippen LogP contribution in [0.1, 0.15) is 18.5 Å². The van der Waals surface area contributed by atoms with Gasteiger partial charge in [-0.3, -0.25) is 9.48 Å². The van der Waals surface area contributed by atoms with E-state index in [9.17, 15) is 4.79 Å². The van der Waals surface area contributed by atoms with Crippen LogP contribution in [-0.4, -0.2) is 34.7 Å². The maximum Gasteiger partial charge on any atom is 0.246 e. The Labute approximate surface area is 113 Å². The van der Waals surface area contributed by atoms with Crippen molar-refractivity contribution in [1.29, 1.82) is 0 Å². The minimum Gasteiger partial charge on any atom is -0.347 e. The first kappa shape index (κ1) is 13.3. The zero-order valence-electron chi connectivity index (χ0n) is 11.8. The Bertz CT molecular complexity index is 587. The van der Waals surface area contributed by atoms with Gasteiger partial charge in [0.25, 0.3) is 0 Å². The van der Waals surface area contributed by atoms with E-state index in [0.717, 1.165) is 11.3 Å². The first-order chi connectivity index (χ1) is 9.02. The summed E-state index contributed by atoms with van der Waals surface area (Å²) < 4.78 is 1.78. The Kier molecular flexibility index (Phi) is 3.69. The highest BCUT2D eigenvalue weighted by Crippen LogP contribution is 2.25.